The third kappa shape index (κ3) is 4.20. The molecule has 7 nitrogen and oxygen atoms in total. The second-order valence-electron chi connectivity index (χ2n) is 6.24. The van der Waals surface area contributed by atoms with Gasteiger partial charge in [0.1, 0.15) is 10.6 Å². The molecule has 0 bridgehead atoms. The summed E-state index contributed by atoms with van der Waals surface area (Å²) in [6.07, 6.45) is 5.13. The number of hydrogen-bond acceptors (Lipinski definition) is 5. The van der Waals surface area contributed by atoms with Gasteiger partial charge in [-0.3, -0.25) is 9.58 Å². The van der Waals surface area contributed by atoms with Crippen LogP contribution in [0.3, 0.4) is 0 Å². The number of ether oxygens (including phenoxy) is 1. The molecule has 8 heteroatoms. The maximum atomic E-state index is 12.5. The molecule has 0 amide bonds. The van der Waals surface area contributed by atoms with Gasteiger partial charge in [-0.1, -0.05) is 12.1 Å². The SMILES string of the molecule is COc1cccc([C@H](CNS(=O)(=O)c2cnn(C)c2)N2CCCC2)c1. The highest BCUT2D eigenvalue weighted by molar-refractivity contribution is 7.89. The quantitative estimate of drug-likeness (QED) is 0.807. The highest BCUT2D eigenvalue weighted by Crippen LogP contribution is 2.27. The Morgan fingerprint density at radius 2 is 2.08 bits per heavy atom. The van der Waals surface area contributed by atoms with Crippen molar-refractivity contribution in [3.63, 3.8) is 0 Å². The molecule has 1 saturated heterocycles. The summed E-state index contributed by atoms with van der Waals surface area (Å²) in [5.74, 6) is 0.775. The minimum absolute atomic E-state index is 0.0240. The number of nitrogens with zero attached hydrogens (tertiary/aromatic N) is 3. The molecule has 1 aromatic heterocycles. The molecule has 1 fully saturated rings. The number of benzene rings is 1. The minimum atomic E-state index is -3.58. The van der Waals surface area contributed by atoms with E-state index in [9.17, 15) is 8.42 Å². The van der Waals surface area contributed by atoms with E-state index >= 15 is 0 Å². The Bertz CT molecular complexity index is 813. The molecule has 0 spiro atoms. The Hall–Kier alpha value is -1.90. The number of nitrogens with one attached hydrogen (secondary N) is 1. The maximum absolute atomic E-state index is 12.5. The van der Waals surface area contributed by atoms with Gasteiger partial charge in [0.15, 0.2) is 0 Å². The van der Waals surface area contributed by atoms with E-state index in [1.54, 1.807) is 14.2 Å². The van der Waals surface area contributed by atoms with Crippen molar-refractivity contribution in [3.8, 4) is 5.75 Å². The third-order valence-corrected chi connectivity index (χ3v) is 5.90. The minimum Gasteiger partial charge on any atom is -0.497 e. The largest absolute Gasteiger partial charge is 0.497 e. The molecule has 0 unspecified atom stereocenters. The van der Waals surface area contributed by atoms with Crippen molar-refractivity contribution >= 4 is 10.0 Å². The summed E-state index contributed by atoms with van der Waals surface area (Å²) in [5, 5.41) is 3.94. The van der Waals surface area contributed by atoms with Crippen molar-refractivity contribution in [1.82, 2.24) is 19.4 Å². The summed E-state index contributed by atoms with van der Waals surface area (Å²) in [4.78, 5) is 2.50. The van der Waals surface area contributed by atoms with Crippen molar-refractivity contribution in [2.24, 2.45) is 7.05 Å². The van der Waals surface area contributed by atoms with E-state index in [0.29, 0.717) is 6.54 Å². The van der Waals surface area contributed by atoms with Crippen LogP contribution in [0.1, 0.15) is 24.4 Å². The molecule has 25 heavy (non-hydrogen) atoms. The highest BCUT2D eigenvalue weighted by Gasteiger charge is 2.26. The average Bonchev–Trinajstić information content (AvgIpc) is 3.27. The van der Waals surface area contributed by atoms with Crippen molar-refractivity contribution in [3.05, 3.63) is 42.2 Å². The molecule has 1 aliphatic rings. The molecular formula is C17H24N4O3S. The Balaban J connectivity index is 1.80. The number of sulfonamides is 1. The van der Waals surface area contributed by atoms with Crippen LogP contribution in [0.2, 0.25) is 0 Å². The van der Waals surface area contributed by atoms with Crippen LogP contribution in [0.5, 0.6) is 5.75 Å². The van der Waals surface area contributed by atoms with Crippen LogP contribution < -0.4 is 9.46 Å². The van der Waals surface area contributed by atoms with Crippen LogP contribution in [0.4, 0.5) is 0 Å². The molecule has 2 aromatic rings. The van der Waals surface area contributed by atoms with Gasteiger partial charge in [0.25, 0.3) is 0 Å². The molecular weight excluding hydrogens is 340 g/mol. The molecule has 2 heterocycles. The monoisotopic (exact) mass is 364 g/mol. The first-order valence-electron chi connectivity index (χ1n) is 8.36. The molecule has 3 rings (SSSR count). The van der Waals surface area contributed by atoms with E-state index in [2.05, 4.69) is 14.7 Å². The van der Waals surface area contributed by atoms with Crippen LogP contribution >= 0.6 is 0 Å². The van der Waals surface area contributed by atoms with Crippen LogP contribution in [-0.4, -0.2) is 49.8 Å². The molecule has 0 aliphatic carbocycles. The Labute approximate surface area is 148 Å². The molecule has 1 N–H and O–H groups in total. The van der Waals surface area contributed by atoms with Gasteiger partial charge in [-0.2, -0.15) is 5.10 Å². The fourth-order valence-corrected chi connectivity index (χ4v) is 4.19. The second kappa shape index (κ2) is 7.55. The van der Waals surface area contributed by atoms with Crippen molar-refractivity contribution < 1.29 is 13.2 Å². The zero-order valence-electron chi connectivity index (χ0n) is 14.6. The standard InChI is InChI=1S/C17H24N4O3S/c1-20-13-16(11-18-20)25(22,23)19-12-17(21-8-3-4-9-21)14-6-5-7-15(10-14)24-2/h5-7,10-11,13,17,19H,3-4,8-9,12H2,1-2H3/t17-/m0/s1. The van der Waals surface area contributed by atoms with Crippen molar-refractivity contribution in [1.29, 1.82) is 0 Å². The van der Waals surface area contributed by atoms with E-state index in [0.717, 1.165) is 37.2 Å². The lowest BCUT2D eigenvalue weighted by Gasteiger charge is -2.28. The van der Waals surface area contributed by atoms with Crippen molar-refractivity contribution in [2.45, 2.75) is 23.8 Å². The predicted molar refractivity (Wildman–Crippen MR) is 94.9 cm³/mol. The second-order valence-corrected chi connectivity index (χ2v) is 8.00. The molecule has 1 atom stereocenters. The van der Waals surface area contributed by atoms with Gasteiger partial charge >= 0.3 is 0 Å². The number of rotatable bonds is 7. The third-order valence-electron chi connectivity index (χ3n) is 4.52. The molecule has 1 aliphatic heterocycles. The Morgan fingerprint density at radius 1 is 1.32 bits per heavy atom. The number of aromatic nitrogens is 2. The summed E-state index contributed by atoms with van der Waals surface area (Å²) in [6.45, 7) is 2.25. The van der Waals surface area contributed by atoms with Crippen LogP contribution in [0.15, 0.2) is 41.6 Å². The van der Waals surface area contributed by atoms with Gasteiger partial charge in [-0.05, 0) is 43.6 Å². The lowest BCUT2D eigenvalue weighted by Crippen LogP contribution is -2.36. The molecule has 1 aromatic carbocycles. The van der Waals surface area contributed by atoms with Gasteiger partial charge in [-0.25, -0.2) is 13.1 Å². The first kappa shape index (κ1) is 17.9. The normalized spacial score (nSPS) is 16.9. The first-order chi connectivity index (χ1) is 12.0. The lowest BCUT2D eigenvalue weighted by molar-refractivity contribution is 0.246. The first-order valence-corrected chi connectivity index (χ1v) is 9.84. The summed E-state index contributed by atoms with van der Waals surface area (Å²) in [7, 11) is -0.248. The smallest absolute Gasteiger partial charge is 0.243 e. The summed E-state index contributed by atoms with van der Waals surface area (Å²) in [5.41, 5.74) is 1.05. The highest BCUT2D eigenvalue weighted by atomic mass is 32.2. The van der Waals surface area contributed by atoms with Gasteiger partial charge in [0.2, 0.25) is 10.0 Å². The van der Waals surface area contributed by atoms with Crippen LogP contribution in [-0.2, 0) is 17.1 Å². The zero-order chi connectivity index (χ0) is 17.9. The van der Waals surface area contributed by atoms with Gasteiger partial charge < -0.3 is 4.74 Å². The lowest BCUT2D eigenvalue weighted by atomic mass is 10.1. The Kier molecular flexibility index (Phi) is 5.41. The number of hydrogen-bond donors (Lipinski definition) is 1. The summed E-state index contributed by atoms with van der Waals surface area (Å²) in [6, 6.07) is 7.80. The van der Waals surface area contributed by atoms with E-state index in [4.69, 9.17) is 4.74 Å². The fraction of sp³-hybridized carbons (Fsp3) is 0.471. The van der Waals surface area contributed by atoms with Crippen LogP contribution in [0.25, 0.3) is 0 Å². The summed E-state index contributed by atoms with van der Waals surface area (Å²) < 4.78 is 34.6. The van der Waals surface area contributed by atoms with Gasteiger partial charge in [-0.15, -0.1) is 0 Å². The topological polar surface area (TPSA) is 76.5 Å². The molecule has 136 valence electrons. The van der Waals surface area contributed by atoms with E-state index in [-0.39, 0.29) is 10.9 Å². The molecule has 0 radical (unpaired) electrons. The number of aryl methyl sites for hydroxylation is 1. The molecule has 0 saturated carbocycles. The predicted octanol–water partition coefficient (Wildman–Crippen LogP) is 1.54. The number of likely N-dealkylation sites (tertiary alicyclic amines) is 1. The maximum Gasteiger partial charge on any atom is 0.243 e. The fourth-order valence-electron chi connectivity index (χ4n) is 3.17. The van der Waals surface area contributed by atoms with Crippen LogP contribution in [0, 0.1) is 0 Å². The Morgan fingerprint density at radius 3 is 2.72 bits per heavy atom. The van der Waals surface area contributed by atoms with E-state index in [1.807, 2.05) is 24.3 Å². The average molecular weight is 364 g/mol. The number of methoxy groups -OCH3 is 1. The van der Waals surface area contributed by atoms with E-state index < -0.39 is 10.0 Å². The summed E-state index contributed by atoms with van der Waals surface area (Å²) >= 11 is 0. The van der Waals surface area contributed by atoms with E-state index in [1.165, 1.54) is 17.1 Å². The zero-order valence-corrected chi connectivity index (χ0v) is 15.4. The van der Waals surface area contributed by atoms with Gasteiger partial charge in [0.05, 0.1) is 13.3 Å². The van der Waals surface area contributed by atoms with Crippen molar-refractivity contribution in [2.75, 3.05) is 26.7 Å². The van der Waals surface area contributed by atoms with Gasteiger partial charge in [0, 0.05) is 25.8 Å².